The molecule has 2 aromatic carbocycles. The summed E-state index contributed by atoms with van der Waals surface area (Å²) in [6.07, 6.45) is 0.259. The Labute approximate surface area is 170 Å². The zero-order chi connectivity index (χ0) is 21.7. The van der Waals surface area contributed by atoms with Crippen LogP contribution in [0.5, 0.6) is 0 Å². The van der Waals surface area contributed by atoms with E-state index >= 15 is 0 Å². The third-order valence-electron chi connectivity index (χ3n) is 4.43. The molecule has 0 saturated carbocycles. The van der Waals surface area contributed by atoms with Crippen LogP contribution in [0.1, 0.15) is 11.3 Å². The van der Waals surface area contributed by atoms with Gasteiger partial charge in [0.15, 0.2) is 0 Å². The zero-order valence-corrected chi connectivity index (χ0v) is 16.1. The minimum Gasteiger partial charge on any atom is -0.465 e. The standard InChI is InChI=1S/C21H19F2N3O4/c1-30-6-5-26(21(28)29)17-4-2-3-13(7-17)8-19-20(27)18(12-24-25-19)14-9-15(22)11-16(23)10-14/h2-4,7,9-12H,5-6,8H2,1H3,(H,24,27)(H,28,29). The number of rotatable bonds is 7. The van der Waals surface area contributed by atoms with Crippen molar-refractivity contribution in [1.29, 1.82) is 0 Å². The average molecular weight is 415 g/mol. The van der Waals surface area contributed by atoms with Gasteiger partial charge in [0.1, 0.15) is 17.3 Å². The highest BCUT2D eigenvalue weighted by atomic mass is 19.1. The molecule has 0 aliphatic rings. The molecule has 9 heteroatoms. The van der Waals surface area contributed by atoms with E-state index in [2.05, 4.69) is 10.2 Å². The molecule has 0 aliphatic carbocycles. The number of aromatic nitrogens is 2. The van der Waals surface area contributed by atoms with Gasteiger partial charge in [-0.1, -0.05) is 12.1 Å². The summed E-state index contributed by atoms with van der Waals surface area (Å²) in [5, 5.41) is 16.0. The van der Waals surface area contributed by atoms with Crippen molar-refractivity contribution in [2.24, 2.45) is 0 Å². The molecule has 1 amide bonds. The smallest absolute Gasteiger partial charge is 0.411 e. The number of nitrogens with one attached hydrogen (secondary N) is 1. The molecule has 0 fully saturated rings. The average Bonchev–Trinajstić information content (AvgIpc) is 2.69. The molecular weight excluding hydrogens is 396 g/mol. The molecule has 3 rings (SSSR count). The van der Waals surface area contributed by atoms with Gasteiger partial charge in [-0.2, -0.15) is 5.10 Å². The molecule has 0 atom stereocenters. The number of benzene rings is 2. The number of ether oxygens (including phenoxy) is 1. The Balaban J connectivity index is 1.92. The van der Waals surface area contributed by atoms with Crippen LogP contribution in [0, 0.1) is 11.6 Å². The molecule has 0 aliphatic heterocycles. The Morgan fingerprint density at radius 1 is 1.20 bits per heavy atom. The van der Waals surface area contributed by atoms with E-state index in [4.69, 9.17) is 4.74 Å². The summed E-state index contributed by atoms with van der Waals surface area (Å²) in [7, 11) is 1.48. The third kappa shape index (κ3) is 4.87. The Hall–Kier alpha value is -3.59. The fourth-order valence-corrected chi connectivity index (χ4v) is 3.04. The predicted molar refractivity (Wildman–Crippen MR) is 107 cm³/mol. The first kappa shape index (κ1) is 21.1. The molecule has 3 aromatic rings. The summed E-state index contributed by atoms with van der Waals surface area (Å²) >= 11 is 0. The number of halogens is 2. The Morgan fingerprint density at radius 2 is 1.93 bits per heavy atom. The molecule has 2 N–H and O–H groups in total. The first-order valence-corrected chi connectivity index (χ1v) is 9.01. The predicted octanol–water partition coefficient (Wildman–Crippen LogP) is 3.44. The van der Waals surface area contributed by atoms with Crippen molar-refractivity contribution in [3.05, 3.63) is 81.8 Å². The maximum atomic E-state index is 13.5. The third-order valence-corrected chi connectivity index (χ3v) is 4.43. The van der Waals surface area contributed by atoms with Crippen molar-refractivity contribution in [2.75, 3.05) is 25.2 Å². The maximum absolute atomic E-state index is 13.5. The van der Waals surface area contributed by atoms with Crippen LogP contribution >= 0.6 is 0 Å². The maximum Gasteiger partial charge on any atom is 0.411 e. The van der Waals surface area contributed by atoms with Crippen LogP contribution in [0.2, 0.25) is 0 Å². The molecule has 1 aromatic heterocycles. The van der Waals surface area contributed by atoms with Gasteiger partial charge in [-0.05, 0) is 35.4 Å². The van der Waals surface area contributed by atoms with Gasteiger partial charge in [0.25, 0.3) is 0 Å². The van der Waals surface area contributed by atoms with Crippen molar-refractivity contribution < 1.29 is 23.4 Å². The van der Waals surface area contributed by atoms with Crippen LogP contribution in [0.4, 0.5) is 19.3 Å². The lowest BCUT2D eigenvalue weighted by Crippen LogP contribution is -2.32. The van der Waals surface area contributed by atoms with Crippen LogP contribution < -0.4 is 10.3 Å². The van der Waals surface area contributed by atoms with Gasteiger partial charge < -0.3 is 9.84 Å². The van der Waals surface area contributed by atoms with Crippen molar-refractivity contribution >= 4 is 11.8 Å². The van der Waals surface area contributed by atoms with Gasteiger partial charge in [-0.3, -0.25) is 14.8 Å². The van der Waals surface area contributed by atoms with E-state index in [0.29, 0.717) is 11.3 Å². The number of amides is 1. The number of aromatic amines is 1. The molecule has 156 valence electrons. The number of hydrogen-bond acceptors (Lipinski definition) is 4. The van der Waals surface area contributed by atoms with Crippen molar-refractivity contribution in [2.45, 2.75) is 6.42 Å². The van der Waals surface area contributed by atoms with Crippen molar-refractivity contribution in [3.8, 4) is 11.1 Å². The van der Waals surface area contributed by atoms with Gasteiger partial charge in [-0.15, -0.1) is 0 Å². The Kier molecular flexibility index (Phi) is 6.53. The second kappa shape index (κ2) is 9.27. The molecule has 0 bridgehead atoms. The van der Waals surface area contributed by atoms with E-state index in [-0.39, 0.29) is 36.4 Å². The number of anilines is 1. The van der Waals surface area contributed by atoms with Crippen LogP contribution in [0.15, 0.2) is 53.5 Å². The second-order valence-corrected chi connectivity index (χ2v) is 6.51. The minimum atomic E-state index is -1.13. The van der Waals surface area contributed by atoms with Crippen LogP contribution in [-0.4, -0.2) is 41.7 Å². The first-order valence-electron chi connectivity index (χ1n) is 9.01. The number of hydrogen-bond donors (Lipinski definition) is 2. The van der Waals surface area contributed by atoms with Crippen molar-refractivity contribution in [3.63, 3.8) is 0 Å². The van der Waals surface area contributed by atoms with Gasteiger partial charge in [-0.25, -0.2) is 13.6 Å². The van der Waals surface area contributed by atoms with E-state index in [0.717, 1.165) is 23.1 Å². The van der Waals surface area contributed by atoms with E-state index < -0.39 is 23.2 Å². The highest BCUT2D eigenvalue weighted by Gasteiger charge is 2.16. The summed E-state index contributed by atoms with van der Waals surface area (Å²) in [6, 6.07) is 9.54. The number of methoxy groups -OCH3 is 1. The topological polar surface area (TPSA) is 95.5 Å². The molecule has 30 heavy (non-hydrogen) atoms. The lowest BCUT2D eigenvalue weighted by atomic mass is 10.0. The van der Waals surface area contributed by atoms with E-state index in [1.54, 1.807) is 24.3 Å². The van der Waals surface area contributed by atoms with Gasteiger partial charge >= 0.3 is 6.09 Å². The first-order chi connectivity index (χ1) is 14.4. The SMILES string of the molecule is COCCN(C(=O)O)c1cccc(Cc2n[nH]cc(-c3cc(F)cc(F)c3)c2=O)c1. The largest absolute Gasteiger partial charge is 0.465 e. The zero-order valence-electron chi connectivity index (χ0n) is 16.1. The minimum absolute atomic E-state index is 0.0850. The van der Waals surface area contributed by atoms with E-state index in [9.17, 15) is 23.5 Å². The molecule has 0 spiro atoms. The molecule has 0 saturated heterocycles. The van der Waals surface area contributed by atoms with Gasteiger partial charge in [0.05, 0.1) is 13.2 Å². The number of H-pyrrole nitrogens is 1. The Morgan fingerprint density at radius 3 is 2.60 bits per heavy atom. The molecule has 7 nitrogen and oxygen atoms in total. The van der Waals surface area contributed by atoms with Gasteiger partial charge in [0, 0.05) is 37.0 Å². The summed E-state index contributed by atoms with van der Waals surface area (Å²) in [6.45, 7) is 0.374. The summed E-state index contributed by atoms with van der Waals surface area (Å²) in [4.78, 5) is 25.5. The lowest BCUT2D eigenvalue weighted by molar-refractivity contribution is 0.186. The fourth-order valence-electron chi connectivity index (χ4n) is 3.04. The summed E-state index contributed by atoms with van der Waals surface area (Å²) in [5.74, 6) is -1.58. The highest BCUT2D eigenvalue weighted by Crippen LogP contribution is 2.20. The van der Waals surface area contributed by atoms with Crippen molar-refractivity contribution in [1.82, 2.24) is 10.2 Å². The summed E-state index contributed by atoms with van der Waals surface area (Å²) in [5.41, 5.74) is 0.921. The van der Waals surface area contributed by atoms with E-state index in [1.807, 2.05) is 0 Å². The number of carbonyl (C=O) groups is 1. The van der Waals surface area contributed by atoms with Crippen LogP contribution in [0.3, 0.4) is 0 Å². The monoisotopic (exact) mass is 415 g/mol. The lowest BCUT2D eigenvalue weighted by Gasteiger charge is -2.19. The van der Waals surface area contributed by atoms with E-state index in [1.165, 1.54) is 13.3 Å². The quantitative estimate of drug-likeness (QED) is 0.616. The normalized spacial score (nSPS) is 10.8. The van der Waals surface area contributed by atoms with Crippen LogP contribution in [0.25, 0.3) is 11.1 Å². The number of carboxylic acid groups (broad SMARTS) is 1. The van der Waals surface area contributed by atoms with Crippen LogP contribution in [-0.2, 0) is 11.2 Å². The second-order valence-electron chi connectivity index (χ2n) is 6.51. The molecule has 0 radical (unpaired) electrons. The Bertz CT molecular complexity index is 1100. The molecule has 1 heterocycles. The van der Waals surface area contributed by atoms with Gasteiger partial charge in [0.2, 0.25) is 5.43 Å². The molecule has 0 unspecified atom stereocenters. The highest BCUT2D eigenvalue weighted by molar-refractivity contribution is 5.86. The summed E-state index contributed by atoms with van der Waals surface area (Å²) < 4.78 is 32.0. The fraction of sp³-hybridized carbons (Fsp3) is 0.190. The number of nitrogens with zero attached hydrogens (tertiary/aromatic N) is 2. The molecular formula is C21H19F2N3O4.